The van der Waals surface area contributed by atoms with E-state index >= 15 is 0 Å². The van der Waals surface area contributed by atoms with Crippen LogP contribution in [-0.4, -0.2) is 28.9 Å². The highest BCUT2D eigenvalue weighted by molar-refractivity contribution is 5.65. The molecule has 0 saturated heterocycles. The van der Waals surface area contributed by atoms with Gasteiger partial charge in [-0.15, -0.1) is 0 Å². The van der Waals surface area contributed by atoms with Gasteiger partial charge in [0, 0.05) is 12.1 Å². The van der Waals surface area contributed by atoms with Crippen LogP contribution in [0.5, 0.6) is 0 Å². The highest BCUT2D eigenvalue weighted by atomic mass is 19.4. The van der Waals surface area contributed by atoms with Crippen molar-refractivity contribution in [2.45, 2.75) is 25.2 Å². The summed E-state index contributed by atoms with van der Waals surface area (Å²) in [5, 5.41) is 0. The average molecular weight is 449 g/mol. The molecule has 2 unspecified atom stereocenters. The first-order valence-corrected chi connectivity index (χ1v) is 9.74. The Kier molecular flexibility index (Phi) is 5.85. The summed E-state index contributed by atoms with van der Waals surface area (Å²) < 4.78 is 66.4. The zero-order chi connectivity index (χ0) is 23.0. The summed E-state index contributed by atoms with van der Waals surface area (Å²) in [6.07, 6.45) is -6.95. The summed E-state index contributed by atoms with van der Waals surface area (Å²) in [5.74, 6) is -0.848. The van der Waals surface area contributed by atoms with Crippen LogP contribution in [0.4, 0.5) is 27.6 Å². The van der Waals surface area contributed by atoms with Gasteiger partial charge in [0.1, 0.15) is 24.1 Å². The van der Waals surface area contributed by atoms with Gasteiger partial charge in [-0.1, -0.05) is 12.1 Å². The predicted molar refractivity (Wildman–Crippen MR) is 110 cm³/mol. The van der Waals surface area contributed by atoms with Gasteiger partial charge in [-0.05, 0) is 54.1 Å². The molecule has 32 heavy (non-hydrogen) atoms. The molecule has 2 aromatic carbocycles. The van der Waals surface area contributed by atoms with Crippen LogP contribution < -0.4 is 16.4 Å². The number of halogens is 5. The second kappa shape index (κ2) is 8.45. The lowest BCUT2D eigenvalue weighted by atomic mass is 10.1. The SMILES string of the molecule is NC1c2nc(-c3ccc(F)cc3)ccc2N(Cc2ccc(F)cc2)C(N)N1CC(F)(F)F. The summed E-state index contributed by atoms with van der Waals surface area (Å²) in [5.41, 5.74) is 14.7. The molecule has 3 aromatic rings. The van der Waals surface area contributed by atoms with Crippen molar-refractivity contribution in [1.29, 1.82) is 0 Å². The summed E-state index contributed by atoms with van der Waals surface area (Å²) in [6, 6.07) is 14.5. The first kappa shape index (κ1) is 22.1. The average Bonchev–Trinajstić information content (AvgIpc) is 2.75. The molecule has 0 spiro atoms. The quantitative estimate of drug-likeness (QED) is 0.587. The van der Waals surface area contributed by atoms with Gasteiger partial charge in [-0.3, -0.25) is 5.73 Å². The van der Waals surface area contributed by atoms with E-state index in [1.54, 1.807) is 17.0 Å². The molecule has 0 saturated carbocycles. The van der Waals surface area contributed by atoms with E-state index in [0.29, 0.717) is 22.5 Å². The van der Waals surface area contributed by atoms with Crippen LogP contribution in [0.1, 0.15) is 17.4 Å². The summed E-state index contributed by atoms with van der Waals surface area (Å²) in [6.45, 7) is -1.22. The zero-order valence-electron chi connectivity index (χ0n) is 16.7. The topological polar surface area (TPSA) is 71.4 Å². The standard InChI is InChI=1S/C22H20F5N5/c23-15-5-1-13(2-6-15)11-31-18-10-9-17(14-3-7-16(24)8-4-14)30-19(18)20(28)32(21(31)29)12-22(25,26)27/h1-10,20-21H,11-12,28-29H2. The lowest BCUT2D eigenvalue weighted by Gasteiger charge is -2.46. The van der Waals surface area contributed by atoms with Gasteiger partial charge in [-0.25, -0.2) is 18.7 Å². The van der Waals surface area contributed by atoms with Gasteiger partial charge in [0.2, 0.25) is 0 Å². The number of rotatable bonds is 4. The highest BCUT2D eigenvalue weighted by Gasteiger charge is 2.42. The smallest absolute Gasteiger partial charge is 0.337 e. The van der Waals surface area contributed by atoms with Gasteiger partial charge in [-0.2, -0.15) is 13.2 Å². The molecule has 0 fully saturated rings. The van der Waals surface area contributed by atoms with Gasteiger partial charge in [0.05, 0.1) is 23.6 Å². The normalized spacial score (nSPS) is 19.2. The van der Waals surface area contributed by atoms with Crippen LogP contribution in [0.3, 0.4) is 0 Å². The van der Waals surface area contributed by atoms with E-state index in [2.05, 4.69) is 4.98 Å². The Labute approximate surface area is 181 Å². The van der Waals surface area contributed by atoms with E-state index in [9.17, 15) is 22.0 Å². The molecule has 0 radical (unpaired) electrons. The van der Waals surface area contributed by atoms with Gasteiger partial charge < -0.3 is 10.6 Å². The van der Waals surface area contributed by atoms with Crippen LogP contribution in [0, 0.1) is 11.6 Å². The molecule has 1 aromatic heterocycles. The minimum absolute atomic E-state index is 0.118. The number of nitrogens with two attached hydrogens (primary N) is 2. The Hall–Kier alpha value is -3.08. The molecule has 5 nitrogen and oxygen atoms in total. The second-order valence-corrected chi connectivity index (χ2v) is 7.51. The molecule has 0 amide bonds. The van der Waals surface area contributed by atoms with E-state index in [4.69, 9.17) is 11.5 Å². The first-order valence-electron chi connectivity index (χ1n) is 9.74. The minimum atomic E-state index is -4.54. The first-order chi connectivity index (χ1) is 15.1. The van der Waals surface area contributed by atoms with E-state index in [0.717, 1.165) is 4.90 Å². The third-order valence-electron chi connectivity index (χ3n) is 5.28. The van der Waals surface area contributed by atoms with Gasteiger partial charge in [0.15, 0.2) is 0 Å². The fourth-order valence-electron chi connectivity index (χ4n) is 3.72. The number of pyridine rings is 1. The highest BCUT2D eigenvalue weighted by Crippen LogP contribution is 2.37. The van der Waals surface area contributed by atoms with Crippen molar-refractivity contribution in [2.75, 3.05) is 11.4 Å². The Bertz CT molecular complexity index is 1090. The van der Waals surface area contributed by atoms with E-state index in [-0.39, 0.29) is 12.2 Å². The maximum absolute atomic E-state index is 13.3. The van der Waals surface area contributed by atoms with Gasteiger partial charge in [0.25, 0.3) is 0 Å². The zero-order valence-corrected chi connectivity index (χ0v) is 16.7. The summed E-state index contributed by atoms with van der Waals surface area (Å²) in [4.78, 5) is 6.95. The molecule has 168 valence electrons. The van der Waals surface area contributed by atoms with Crippen LogP contribution in [0.15, 0.2) is 60.7 Å². The lowest BCUT2D eigenvalue weighted by Crippen LogP contribution is -2.62. The van der Waals surface area contributed by atoms with Crippen LogP contribution in [0.25, 0.3) is 11.3 Å². The number of hydrogen-bond acceptors (Lipinski definition) is 5. The number of anilines is 1. The molecule has 2 atom stereocenters. The van der Waals surface area contributed by atoms with Crippen molar-refractivity contribution in [3.63, 3.8) is 0 Å². The fraction of sp³-hybridized carbons (Fsp3) is 0.227. The van der Waals surface area contributed by atoms with Crippen molar-refractivity contribution in [3.8, 4) is 11.3 Å². The summed E-state index contributed by atoms with van der Waals surface area (Å²) >= 11 is 0. The molecular weight excluding hydrogens is 429 g/mol. The van der Waals surface area contributed by atoms with Crippen molar-refractivity contribution in [3.05, 3.63) is 83.6 Å². The van der Waals surface area contributed by atoms with E-state index < -0.39 is 36.8 Å². The number of aromatic nitrogens is 1. The number of fused-ring (bicyclic) bond motifs is 1. The Morgan fingerprint density at radius 2 is 1.44 bits per heavy atom. The molecule has 4 rings (SSSR count). The van der Waals surface area contributed by atoms with Gasteiger partial charge >= 0.3 is 6.18 Å². The van der Waals surface area contributed by atoms with Crippen molar-refractivity contribution >= 4 is 5.69 Å². The Morgan fingerprint density at radius 3 is 2.03 bits per heavy atom. The van der Waals surface area contributed by atoms with Crippen molar-refractivity contribution < 1.29 is 22.0 Å². The fourth-order valence-corrected chi connectivity index (χ4v) is 3.72. The number of nitrogens with zero attached hydrogens (tertiary/aromatic N) is 3. The molecule has 0 aliphatic carbocycles. The Morgan fingerprint density at radius 1 is 0.844 bits per heavy atom. The molecule has 2 heterocycles. The van der Waals surface area contributed by atoms with E-state index in [1.165, 1.54) is 48.5 Å². The molecular formula is C22H20F5N5. The van der Waals surface area contributed by atoms with E-state index in [1.807, 2.05) is 0 Å². The third kappa shape index (κ3) is 4.57. The van der Waals surface area contributed by atoms with Crippen LogP contribution in [-0.2, 0) is 6.54 Å². The second-order valence-electron chi connectivity index (χ2n) is 7.51. The minimum Gasteiger partial charge on any atom is -0.337 e. The molecule has 0 bridgehead atoms. The molecule has 4 N–H and O–H groups in total. The van der Waals surface area contributed by atoms with Crippen molar-refractivity contribution in [2.24, 2.45) is 11.5 Å². The molecule has 10 heteroatoms. The van der Waals surface area contributed by atoms with Crippen molar-refractivity contribution in [1.82, 2.24) is 9.88 Å². The third-order valence-corrected chi connectivity index (χ3v) is 5.28. The summed E-state index contributed by atoms with van der Waals surface area (Å²) in [7, 11) is 0. The molecule has 1 aliphatic heterocycles. The Balaban J connectivity index is 1.77. The van der Waals surface area contributed by atoms with Crippen LogP contribution in [0.2, 0.25) is 0 Å². The number of hydrogen-bond donors (Lipinski definition) is 2. The maximum Gasteiger partial charge on any atom is 0.401 e. The largest absolute Gasteiger partial charge is 0.401 e. The predicted octanol–water partition coefficient (Wildman–Crippen LogP) is 4.11. The van der Waals surface area contributed by atoms with Crippen LogP contribution >= 0.6 is 0 Å². The number of benzene rings is 2. The maximum atomic E-state index is 13.3. The molecule has 1 aliphatic rings. The monoisotopic (exact) mass is 449 g/mol. The number of alkyl halides is 3. The lowest BCUT2D eigenvalue weighted by molar-refractivity contribution is -0.158.